The lowest BCUT2D eigenvalue weighted by Gasteiger charge is -2.23. The SMILES string of the molecule is O=C(O)C1C=CC2C3C=CC(C3)C12. The summed E-state index contributed by atoms with van der Waals surface area (Å²) in [6.07, 6.45) is 9.68. The molecule has 0 aromatic rings. The Hall–Kier alpha value is -1.05. The number of carboxylic acids is 1. The molecule has 0 aliphatic heterocycles. The van der Waals surface area contributed by atoms with Gasteiger partial charge in [-0.2, -0.15) is 0 Å². The van der Waals surface area contributed by atoms with Gasteiger partial charge >= 0.3 is 5.97 Å². The standard InChI is InChI=1S/C11H12O2/c12-11(13)9-4-3-8-6-1-2-7(5-6)10(8)9/h1-4,6-10H,5H2,(H,12,13). The summed E-state index contributed by atoms with van der Waals surface area (Å²) in [5.41, 5.74) is 0. The monoisotopic (exact) mass is 176 g/mol. The third kappa shape index (κ3) is 0.808. The highest BCUT2D eigenvalue weighted by atomic mass is 16.4. The molecule has 0 amide bonds. The van der Waals surface area contributed by atoms with Gasteiger partial charge in [-0.15, -0.1) is 0 Å². The van der Waals surface area contributed by atoms with Crippen LogP contribution in [0.4, 0.5) is 0 Å². The molecule has 3 aliphatic rings. The predicted molar refractivity (Wildman–Crippen MR) is 48.0 cm³/mol. The lowest BCUT2D eigenvalue weighted by Crippen LogP contribution is -2.25. The molecule has 5 unspecified atom stereocenters. The number of hydrogen-bond donors (Lipinski definition) is 1. The predicted octanol–water partition coefficient (Wildman–Crippen LogP) is 1.70. The number of fused-ring (bicyclic) bond motifs is 5. The second-order valence-electron chi connectivity index (χ2n) is 4.35. The van der Waals surface area contributed by atoms with E-state index in [1.807, 2.05) is 6.08 Å². The molecule has 5 atom stereocenters. The lowest BCUT2D eigenvalue weighted by molar-refractivity contribution is -0.141. The first-order valence-corrected chi connectivity index (χ1v) is 4.87. The molecule has 0 aromatic heterocycles. The van der Waals surface area contributed by atoms with E-state index in [0.29, 0.717) is 23.7 Å². The first kappa shape index (κ1) is 7.36. The zero-order valence-electron chi connectivity index (χ0n) is 7.26. The average molecular weight is 176 g/mol. The fourth-order valence-corrected chi connectivity index (χ4v) is 3.30. The Bertz CT molecular complexity index is 316. The fourth-order valence-electron chi connectivity index (χ4n) is 3.30. The molecule has 0 heterocycles. The van der Waals surface area contributed by atoms with E-state index in [1.54, 1.807) is 0 Å². The van der Waals surface area contributed by atoms with Crippen LogP contribution in [-0.2, 0) is 4.79 Å². The summed E-state index contributed by atoms with van der Waals surface area (Å²) in [4.78, 5) is 10.9. The van der Waals surface area contributed by atoms with Crippen LogP contribution in [-0.4, -0.2) is 11.1 Å². The Morgan fingerprint density at radius 3 is 2.69 bits per heavy atom. The van der Waals surface area contributed by atoms with Gasteiger partial charge in [0.2, 0.25) is 0 Å². The van der Waals surface area contributed by atoms with Gasteiger partial charge < -0.3 is 5.11 Å². The van der Waals surface area contributed by atoms with E-state index < -0.39 is 5.97 Å². The van der Waals surface area contributed by atoms with Crippen molar-refractivity contribution in [2.75, 3.05) is 0 Å². The minimum atomic E-state index is -0.648. The van der Waals surface area contributed by atoms with Crippen molar-refractivity contribution in [3.05, 3.63) is 24.3 Å². The number of carboxylic acid groups (broad SMARTS) is 1. The summed E-state index contributed by atoms with van der Waals surface area (Å²) in [6, 6.07) is 0. The normalized spacial score (nSPS) is 50.0. The Morgan fingerprint density at radius 2 is 1.92 bits per heavy atom. The van der Waals surface area contributed by atoms with Crippen molar-refractivity contribution < 1.29 is 9.90 Å². The molecule has 2 heteroatoms. The molecule has 0 spiro atoms. The molecule has 68 valence electrons. The third-order valence-corrected chi connectivity index (χ3v) is 3.82. The highest BCUT2D eigenvalue weighted by Crippen LogP contribution is 2.54. The topological polar surface area (TPSA) is 37.3 Å². The van der Waals surface area contributed by atoms with E-state index in [1.165, 1.54) is 6.42 Å². The largest absolute Gasteiger partial charge is 0.481 e. The molecule has 1 saturated carbocycles. The van der Waals surface area contributed by atoms with Crippen molar-refractivity contribution in [1.29, 1.82) is 0 Å². The zero-order valence-corrected chi connectivity index (χ0v) is 7.26. The van der Waals surface area contributed by atoms with Crippen molar-refractivity contribution in [3.63, 3.8) is 0 Å². The van der Waals surface area contributed by atoms with Crippen molar-refractivity contribution >= 4 is 5.97 Å². The molecule has 2 bridgehead atoms. The fraction of sp³-hybridized carbons (Fsp3) is 0.545. The van der Waals surface area contributed by atoms with Gasteiger partial charge in [0.1, 0.15) is 0 Å². The number of rotatable bonds is 1. The minimum Gasteiger partial charge on any atom is -0.481 e. The second-order valence-corrected chi connectivity index (χ2v) is 4.35. The van der Waals surface area contributed by atoms with Crippen molar-refractivity contribution in [1.82, 2.24) is 0 Å². The maximum absolute atomic E-state index is 10.9. The van der Waals surface area contributed by atoms with Gasteiger partial charge in [0.15, 0.2) is 0 Å². The number of aliphatic carboxylic acids is 1. The Morgan fingerprint density at radius 1 is 1.15 bits per heavy atom. The summed E-state index contributed by atoms with van der Waals surface area (Å²) in [5, 5.41) is 9.01. The first-order chi connectivity index (χ1) is 6.27. The second kappa shape index (κ2) is 2.25. The Kier molecular flexibility index (Phi) is 1.27. The minimum absolute atomic E-state index is 0.218. The molecule has 1 N–H and O–H groups in total. The van der Waals surface area contributed by atoms with Crippen LogP contribution in [0.3, 0.4) is 0 Å². The van der Waals surface area contributed by atoms with Crippen molar-refractivity contribution in [3.8, 4) is 0 Å². The molecule has 13 heavy (non-hydrogen) atoms. The molecule has 0 saturated heterocycles. The van der Waals surface area contributed by atoms with Crippen molar-refractivity contribution in [2.24, 2.45) is 29.6 Å². The molecule has 3 rings (SSSR count). The van der Waals surface area contributed by atoms with Crippen LogP contribution >= 0.6 is 0 Å². The van der Waals surface area contributed by atoms with Gasteiger partial charge in [-0.05, 0) is 30.1 Å². The van der Waals surface area contributed by atoms with E-state index in [0.717, 1.165) is 0 Å². The van der Waals surface area contributed by atoms with E-state index >= 15 is 0 Å². The number of allylic oxidation sites excluding steroid dienone is 3. The highest BCUT2D eigenvalue weighted by molar-refractivity contribution is 5.73. The molecule has 2 nitrogen and oxygen atoms in total. The van der Waals surface area contributed by atoms with E-state index in [2.05, 4.69) is 18.2 Å². The van der Waals surface area contributed by atoms with Gasteiger partial charge in [0, 0.05) is 0 Å². The molecule has 0 aromatic carbocycles. The van der Waals surface area contributed by atoms with E-state index in [-0.39, 0.29) is 5.92 Å². The van der Waals surface area contributed by atoms with Crippen LogP contribution < -0.4 is 0 Å². The summed E-state index contributed by atoms with van der Waals surface area (Å²) >= 11 is 0. The van der Waals surface area contributed by atoms with Crippen LogP contribution in [0.2, 0.25) is 0 Å². The lowest BCUT2D eigenvalue weighted by atomic mass is 9.80. The Labute approximate surface area is 76.9 Å². The highest BCUT2D eigenvalue weighted by Gasteiger charge is 2.50. The van der Waals surface area contributed by atoms with Crippen molar-refractivity contribution in [2.45, 2.75) is 6.42 Å². The number of hydrogen-bond acceptors (Lipinski definition) is 1. The molecule has 1 fully saturated rings. The Balaban J connectivity index is 1.96. The molecule has 0 radical (unpaired) electrons. The van der Waals surface area contributed by atoms with E-state index in [4.69, 9.17) is 5.11 Å². The summed E-state index contributed by atoms with van der Waals surface area (Å²) < 4.78 is 0. The summed E-state index contributed by atoms with van der Waals surface area (Å²) in [5.74, 6) is 1.19. The third-order valence-electron chi connectivity index (χ3n) is 3.82. The van der Waals surface area contributed by atoms with Gasteiger partial charge in [-0.25, -0.2) is 0 Å². The van der Waals surface area contributed by atoms with Crippen LogP contribution in [0.5, 0.6) is 0 Å². The van der Waals surface area contributed by atoms with Crippen LogP contribution in [0.25, 0.3) is 0 Å². The average Bonchev–Trinajstić information content (AvgIpc) is 2.76. The summed E-state index contributed by atoms with van der Waals surface area (Å²) in [6.45, 7) is 0. The molecular formula is C11H12O2. The zero-order chi connectivity index (χ0) is 9.00. The van der Waals surface area contributed by atoms with Gasteiger partial charge in [-0.1, -0.05) is 24.3 Å². The summed E-state index contributed by atoms with van der Waals surface area (Å²) in [7, 11) is 0. The smallest absolute Gasteiger partial charge is 0.310 e. The first-order valence-electron chi connectivity index (χ1n) is 4.87. The maximum atomic E-state index is 10.9. The number of carbonyl (C=O) groups is 1. The van der Waals surface area contributed by atoms with Gasteiger partial charge in [-0.3, -0.25) is 4.79 Å². The van der Waals surface area contributed by atoms with Gasteiger partial charge in [0.05, 0.1) is 5.92 Å². The van der Waals surface area contributed by atoms with Crippen LogP contribution in [0, 0.1) is 29.6 Å². The van der Waals surface area contributed by atoms with Crippen LogP contribution in [0.1, 0.15) is 6.42 Å². The molecule has 3 aliphatic carbocycles. The van der Waals surface area contributed by atoms with Gasteiger partial charge in [0.25, 0.3) is 0 Å². The maximum Gasteiger partial charge on any atom is 0.310 e. The molecular weight excluding hydrogens is 164 g/mol. The van der Waals surface area contributed by atoms with E-state index in [9.17, 15) is 4.79 Å². The van der Waals surface area contributed by atoms with Crippen LogP contribution in [0.15, 0.2) is 24.3 Å². The quantitative estimate of drug-likeness (QED) is 0.617.